The molecule has 29 heavy (non-hydrogen) atoms. The molecule has 7 nitrogen and oxygen atoms in total. The molecule has 0 aliphatic carbocycles. The fourth-order valence-corrected chi connectivity index (χ4v) is 4.24. The van der Waals surface area contributed by atoms with E-state index in [4.69, 9.17) is 18.3 Å². The zero-order chi connectivity index (χ0) is 23.7. The molecule has 1 aromatic carbocycles. The van der Waals surface area contributed by atoms with E-state index in [1.807, 2.05) is 30.3 Å². The lowest BCUT2D eigenvalue weighted by Gasteiger charge is -2.50. The van der Waals surface area contributed by atoms with Crippen molar-refractivity contribution in [1.82, 2.24) is 9.80 Å². The summed E-state index contributed by atoms with van der Waals surface area (Å²) in [7, 11) is -2.64. The molecule has 2 saturated heterocycles. The first kappa shape index (κ1) is 17.6. The van der Waals surface area contributed by atoms with Crippen LogP contribution in [0.4, 0.5) is 9.59 Å². The van der Waals surface area contributed by atoms with Gasteiger partial charge >= 0.3 is 12.2 Å². The molecule has 2 amide bonds. The summed E-state index contributed by atoms with van der Waals surface area (Å²) >= 11 is 0. The van der Waals surface area contributed by atoms with E-state index in [2.05, 4.69) is 0 Å². The largest absolute Gasteiger partial charge is 0.445 e. The predicted octanol–water partition coefficient (Wildman–Crippen LogP) is 3.81. The second kappa shape index (κ2) is 8.22. The summed E-state index contributed by atoms with van der Waals surface area (Å²) < 4.78 is 39.1. The van der Waals surface area contributed by atoms with Crippen LogP contribution in [0.3, 0.4) is 0 Å². The van der Waals surface area contributed by atoms with Gasteiger partial charge in [-0.05, 0) is 46.1 Å². The third kappa shape index (κ3) is 4.50. The SMILES string of the molecule is [2H]C([2H])([2H])OC(C)C12CCC(CN(C(=O)OCc3ccccc3)C1)N2C(=O)OC(C)(C)C. The van der Waals surface area contributed by atoms with E-state index in [1.54, 1.807) is 37.5 Å². The summed E-state index contributed by atoms with van der Waals surface area (Å²) in [6, 6.07) is 9.04. The Morgan fingerprint density at radius 2 is 2.00 bits per heavy atom. The Kier molecular flexibility index (Phi) is 4.98. The summed E-state index contributed by atoms with van der Waals surface area (Å²) in [4.78, 5) is 29.1. The Labute approximate surface area is 177 Å². The Hall–Kier alpha value is -2.28. The van der Waals surface area contributed by atoms with E-state index in [1.165, 1.54) is 0 Å². The van der Waals surface area contributed by atoms with Crippen molar-refractivity contribution in [3.05, 3.63) is 35.9 Å². The molecule has 2 heterocycles. The average Bonchev–Trinajstić information content (AvgIpc) is 2.92. The molecule has 7 heteroatoms. The summed E-state index contributed by atoms with van der Waals surface area (Å²) in [6.07, 6.45) is -0.780. The first-order valence-corrected chi connectivity index (χ1v) is 9.96. The number of carbonyl (C=O) groups excluding carboxylic acids is 2. The number of likely N-dealkylation sites (tertiary alicyclic amines) is 1. The van der Waals surface area contributed by atoms with E-state index < -0.39 is 36.5 Å². The molecule has 160 valence electrons. The van der Waals surface area contributed by atoms with E-state index >= 15 is 0 Å². The zero-order valence-corrected chi connectivity index (χ0v) is 17.5. The third-order valence-corrected chi connectivity index (χ3v) is 5.64. The molecule has 0 radical (unpaired) electrons. The monoisotopic (exact) mass is 407 g/mol. The van der Waals surface area contributed by atoms with E-state index in [0.717, 1.165) is 5.56 Å². The molecule has 3 rings (SSSR count). The minimum absolute atomic E-state index is 0.105. The molecular formula is C22H32N2O5. The molecule has 2 aliphatic heterocycles. The fraction of sp³-hybridized carbons (Fsp3) is 0.636. The zero-order valence-electron chi connectivity index (χ0n) is 20.5. The van der Waals surface area contributed by atoms with E-state index in [0.29, 0.717) is 12.8 Å². The van der Waals surface area contributed by atoms with Gasteiger partial charge in [0, 0.05) is 13.6 Å². The number of benzene rings is 1. The number of hydrogen-bond donors (Lipinski definition) is 0. The van der Waals surface area contributed by atoms with Gasteiger partial charge < -0.3 is 19.1 Å². The second-order valence-corrected chi connectivity index (χ2v) is 8.83. The van der Waals surface area contributed by atoms with Crippen molar-refractivity contribution < 1.29 is 27.9 Å². The standard InChI is InChI=1S/C22H32N2O5/c1-16(27-5)22-12-11-18(24(22)20(26)29-21(2,3)4)13-23(15-22)19(25)28-14-17-9-7-6-8-10-17/h6-10,16,18H,11-15H2,1-5H3/i5D3. The van der Waals surface area contributed by atoms with Crippen LogP contribution in [0.15, 0.2) is 30.3 Å². The molecule has 2 bridgehead atoms. The lowest BCUT2D eigenvalue weighted by atomic mass is 9.89. The van der Waals surface area contributed by atoms with Gasteiger partial charge in [0.2, 0.25) is 0 Å². The van der Waals surface area contributed by atoms with Crippen LogP contribution in [0.2, 0.25) is 0 Å². The smallest absolute Gasteiger partial charge is 0.411 e. The van der Waals surface area contributed by atoms with Crippen molar-refractivity contribution in [1.29, 1.82) is 0 Å². The van der Waals surface area contributed by atoms with Gasteiger partial charge in [-0.1, -0.05) is 30.3 Å². The maximum absolute atomic E-state index is 13.1. The highest BCUT2D eigenvalue weighted by atomic mass is 16.6. The van der Waals surface area contributed by atoms with Gasteiger partial charge in [0.05, 0.1) is 28.3 Å². The minimum Gasteiger partial charge on any atom is -0.445 e. The molecule has 1 aromatic rings. The summed E-state index contributed by atoms with van der Waals surface area (Å²) in [5.74, 6) is 0. The number of methoxy groups -OCH3 is 1. The molecule has 2 fully saturated rings. The first-order valence-electron chi connectivity index (χ1n) is 11.5. The van der Waals surface area contributed by atoms with E-state index in [-0.39, 0.29) is 25.7 Å². The van der Waals surface area contributed by atoms with Gasteiger partial charge in [-0.15, -0.1) is 0 Å². The third-order valence-electron chi connectivity index (χ3n) is 5.64. The lowest BCUT2D eigenvalue weighted by molar-refractivity contribution is -0.0826. The van der Waals surface area contributed by atoms with Crippen molar-refractivity contribution >= 4 is 12.2 Å². The topological polar surface area (TPSA) is 68.3 Å². The van der Waals surface area contributed by atoms with Crippen LogP contribution < -0.4 is 0 Å². The molecular weight excluding hydrogens is 372 g/mol. The van der Waals surface area contributed by atoms with Gasteiger partial charge in [0.1, 0.15) is 12.2 Å². The predicted molar refractivity (Wildman–Crippen MR) is 108 cm³/mol. The summed E-state index contributed by atoms with van der Waals surface area (Å²) in [5.41, 5.74) is -0.867. The van der Waals surface area contributed by atoms with Gasteiger partial charge in [-0.25, -0.2) is 9.59 Å². The minimum atomic E-state index is -2.64. The number of carbonyl (C=O) groups is 2. The highest BCUT2D eigenvalue weighted by Gasteiger charge is 2.58. The molecule has 0 N–H and O–H groups in total. The van der Waals surface area contributed by atoms with Crippen molar-refractivity contribution in [3.8, 4) is 0 Å². The lowest BCUT2D eigenvalue weighted by Crippen LogP contribution is -2.68. The van der Waals surface area contributed by atoms with Crippen LogP contribution in [0.1, 0.15) is 50.2 Å². The average molecular weight is 408 g/mol. The molecule has 2 aliphatic rings. The number of amides is 2. The number of hydrogen-bond acceptors (Lipinski definition) is 5. The van der Waals surface area contributed by atoms with Gasteiger partial charge in [-0.2, -0.15) is 0 Å². The van der Waals surface area contributed by atoms with Crippen LogP contribution in [0.5, 0.6) is 0 Å². The van der Waals surface area contributed by atoms with Crippen LogP contribution in [0.25, 0.3) is 0 Å². The van der Waals surface area contributed by atoms with Gasteiger partial charge in [-0.3, -0.25) is 4.90 Å². The Bertz CT molecular complexity index is 827. The summed E-state index contributed by atoms with van der Waals surface area (Å²) in [6.45, 7) is 7.48. The van der Waals surface area contributed by atoms with Crippen molar-refractivity contribution in [2.45, 2.75) is 70.4 Å². The molecule has 0 spiro atoms. The molecule has 3 atom stereocenters. The quantitative estimate of drug-likeness (QED) is 0.759. The normalized spacial score (nSPS) is 26.9. The highest BCUT2D eigenvalue weighted by Crippen LogP contribution is 2.43. The number of piperazine rings is 1. The second-order valence-electron chi connectivity index (χ2n) is 8.83. The first-order chi connectivity index (χ1) is 14.8. The van der Waals surface area contributed by atoms with Crippen LogP contribution in [-0.2, 0) is 20.8 Å². The number of fused-ring (bicyclic) bond motifs is 2. The molecule has 0 aromatic heterocycles. The number of ether oxygens (including phenoxy) is 3. The van der Waals surface area contributed by atoms with E-state index in [9.17, 15) is 9.59 Å². The van der Waals surface area contributed by atoms with Crippen molar-refractivity contribution in [3.63, 3.8) is 0 Å². The van der Waals surface area contributed by atoms with Crippen LogP contribution in [-0.4, -0.2) is 65.4 Å². The van der Waals surface area contributed by atoms with Crippen molar-refractivity contribution in [2.24, 2.45) is 0 Å². The van der Waals surface area contributed by atoms with Gasteiger partial charge in [0.25, 0.3) is 0 Å². The number of rotatable bonds is 4. The molecule has 0 saturated carbocycles. The summed E-state index contributed by atoms with van der Waals surface area (Å²) in [5, 5.41) is 0. The van der Waals surface area contributed by atoms with Crippen LogP contribution >= 0.6 is 0 Å². The Morgan fingerprint density at radius 1 is 1.28 bits per heavy atom. The Balaban J connectivity index is 1.81. The number of nitrogens with zero attached hydrogens (tertiary/aromatic N) is 2. The van der Waals surface area contributed by atoms with Crippen molar-refractivity contribution in [2.75, 3.05) is 20.1 Å². The highest BCUT2D eigenvalue weighted by molar-refractivity contribution is 5.73. The molecule has 3 unspecified atom stereocenters. The maximum atomic E-state index is 13.1. The van der Waals surface area contributed by atoms with Gasteiger partial charge in [0.15, 0.2) is 0 Å². The van der Waals surface area contributed by atoms with Crippen LogP contribution in [0, 0.1) is 0 Å². The Morgan fingerprint density at radius 3 is 2.66 bits per heavy atom. The fourth-order valence-electron chi connectivity index (χ4n) is 4.24. The maximum Gasteiger partial charge on any atom is 0.411 e.